The predicted molar refractivity (Wildman–Crippen MR) is 122 cm³/mol. The van der Waals surface area contributed by atoms with E-state index in [2.05, 4.69) is 22.0 Å². The Balaban J connectivity index is 1.15. The summed E-state index contributed by atoms with van der Waals surface area (Å²) in [6.07, 6.45) is 4.78. The topological polar surface area (TPSA) is 89.8 Å². The fourth-order valence-electron chi connectivity index (χ4n) is 4.42. The van der Waals surface area contributed by atoms with Gasteiger partial charge < -0.3 is 14.5 Å². The van der Waals surface area contributed by atoms with E-state index < -0.39 is 0 Å². The molecule has 1 unspecified atom stereocenters. The Morgan fingerprint density at radius 3 is 2.55 bits per heavy atom. The number of aromatic nitrogens is 1. The van der Waals surface area contributed by atoms with Crippen molar-refractivity contribution in [1.82, 2.24) is 19.7 Å². The molecule has 1 aromatic carbocycles. The molecule has 33 heavy (non-hydrogen) atoms. The number of amides is 2. The van der Waals surface area contributed by atoms with Crippen LogP contribution in [0.4, 0.5) is 4.79 Å². The minimum atomic E-state index is -0.350. The number of hydrogen-bond acceptors (Lipinski definition) is 6. The summed E-state index contributed by atoms with van der Waals surface area (Å²) in [6, 6.07) is 13.9. The lowest BCUT2D eigenvalue weighted by Gasteiger charge is -2.37. The summed E-state index contributed by atoms with van der Waals surface area (Å²) in [5, 5.41) is 9.59. The highest BCUT2D eigenvalue weighted by Gasteiger charge is 2.27. The molecule has 0 radical (unpaired) electrons. The maximum Gasteiger partial charge on any atom is 0.410 e. The van der Waals surface area contributed by atoms with Crippen molar-refractivity contribution < 1.29 is 14.3 Å². The molecule has 0 aliphatic carbocycles. The Labute approximate surface area is 194 Å². The molecule has 3 heterocycles. The Bertz CT molecular complexity index is 999. The third kappa shape index (κ3) is 5.68. The molecule has 8 nitrogen and oxygen atoms in total. The predicted octanol–water partition coefficient (Wildman–Crippen LogP) is 2.77. The summed E-state index contributed by atoms with van der Waals surface area (Å²) >= 11 is 0. The number of pyridine rings is 1. The Hall–Kier alpha value is -3.44. The summed E-state index contributed by atoms with van der Waals surface area (Å²) in [4.78, 5) is 34.7. The van der Waals surface area contributed by atoms with Gasteiger partial charge in [0.05, 0.1) is 12.7 Å². The molecule has 1 fully saturated rings. The first kappa shape index (κ1) is 22.7. The average molecular weight is 448 g/mol. The van der Waals surface area contributed by atoms with Crippen LogP contribution in [0.3, 0.4) is 0 Å². The molecule has 4 rings (SSSR count). The molecule has 2 aliphatic heterocycles. The number of carbonyl (C=O) groups excluding carboxylic acids is 2. The molecule has 172 valence electrons. The lowest BCUT2D eigenvalue weighted by Crippen LogP contribution is -2.49. The highest BCUT2D eigenvalue weighted by molar-refractivity contribution is 5.76. The SMILES string of the molecule is N#CC(c1cccnc1)N1CCN(C(=O)CCCOC(=O)N2CCc3ccccc3C2)CC1. The van der Waals surface area contributed by atoms with Crippen molar-refractivity contribution in [2.45, 2.75) is 31.8 Å². The van der Waals surface area contributed by atoms with Crippen LogP contribution in [0.25, 0.3) is 0 Å². The first-order valence-electron chi connectivity index (χ1n) is 11.5. The third-order valence-electron chi connectivity index (χ3n) is 6.30. The summed E-state index contributed by atoms with van der Waals surface area (Å²) in [6.45, 7) is 3.92. The van der Waals surface area contributed by atoms with E-state index >= 15 is 0 Å². The number of nitriles is 1. The van der Waals surface area contributed by atoms with Gasteiger partial charge in [-0.25, -0.2) is 4.79 Å². The molecule has 2 aliphatic rings. The van der Waals surface area contributed by atoms with Gasteiger partial charge in [0.15, 0.2) is 0 Å². The van der Waals surface area contributed by atoms with E-state index in [1.54, 1.807) is 17.3 Å². The van der Waals surface area contributed by atoms with Crippen molar-refractivity contribution in [3.05, 3.63) is 65.5 Å². The summed E-state index contributed by atoms with van der Waals surface area (Å²) in [5.41, 5.74) is 3.32. The van der Waals surface area contributed by atoms with Crippen LogP contribution in [0.5, 0.6) is 0 Å². The lowest BCUT2D eigenvalue weighted by atomic mass is 10.0. The van der Waals surface area contributed by atoms with E-state index in [1.165, 1.54) is 5.56 Å². The highest BCUT2D eigenvalue weighted by atomic mass is 16.6. The van der Waals surface area contributed by atoms with Gasteiger partial charge in [-0.1, -0.05) is 30.3 Å². The first-order valence-corrected chi connectivity index (χ1v) is 11.5. The molecule has 2 aromatic rings. The second-order valence-electron chi connectivity index (χ2n) is 8.39. The Morgan fingerprint density at radius 2 is 1.82 bits per heavy atom. The van der Waals surface area contributed by atoms with Gasteiger partial charge in [0.2, 0.25) is 5.91 Å². The monoisotopic (exact) mass is 447 g/mol. The van der Waals surface area contributed by atoms with Gasteiger partial charge in [0, 0.05) is 63.6 Å². The molecule has 1 saturated heterocycles. The van der Waals surface area contributed by atoms with Crippen LogP contribution in [0.2, 0.25) is 0 Å². The number of fused-ring (bicyclic) bond motifs is 1. The lowest BCUT2D eigenvalue weighted by molar-refractivity contribution is -0.133. The highest BCUT2D eigenvalue weighted by Crippen LogP contribution is 2.21. The van der Waals surface area contributed by atoms with Crippen LogP contribution in [0.15, 0.2) is 48.8 Å². The van der Waals surface area contributed by atoms with E-state index in [0.717, 1.165) is 17.5 Å². The van der Waals surface area contributed by atoms with Crippen molar-refractivity contribution >= 4 is 12.0 Å². The Morgan fingerprint density at radius 1 is 1.03 bits per heavy atom. The number of ether oxygens (including phenoxy) is 1. The average Bonchev–Trinajstić information content (AvgIpc) is 2.87. The van der Waals surface area contributed by atoms with E-state index in [-0.39, 0.29) is 24.6 Å². The zero-order valence-corrected chi connectivity index (χ0v) is 18.7. The number of hydrogen-bond donors (Lipinski definition) is 0. The Kier molecular flexibility index (Phi) is 7.53. The molecule has 0 bridgehead atoms. The normalized spacial score (nSPS) is 17.1. The van der Waals surface area contributed by atoms with Gasteiger partial charge in [-0.2, -0.15) is 5.26 Å². The van der Waals surface area contributed by atoms with Crippen LogP contribution in [0, 0.1) is 11.3 Å². The van der Waals surface area contributed by atoms with Crippen molar-refractivity contribution in [3.8, 4) is 6.07 Å². The number of nitrogens with zero attached hydrogens (tertiary/aromatic N) is 5. The minimum absolute atomic E-state index is 0.0625. The van der Waals surface area contributed by atoms with Gasteiger partial charge in [0.25, 0.3) is 0 Å². The number of carbonyl (C=O) groups is 2. The van der Waals surface area contributed by atoms with Gasteiger partial charge in [-0.15, -0.1) is 0 Å². The second kappa shape index (κ2) is 10.9. The van der Waals surface area contributed by atoms with Crippen molar-refractivity contribution in [2.75, 3.05) is 39.3 Å². The molecule has 0 spiro atoms. The fraction of sp³-hybridized carbons (Fsp3) is 0.440. The molecular weight excluding hydrogens is 418 g/mol. The summed E-state index contributed by atoms with van der Waals surface area (Å²) in [7, 11) is 0. The summed E-state index contributed by atoms with van der Waals surface area (Å²) in [5.74, 6) is 0.0625. The van der Waals surface area contributed by atoms with E-state index in [4.69, 9.17) is 4.74 Å². The standard InChI is InChI=1S/C25H29N5O3/c26-17-23(21-7-3-10-27-18-21)28-12-14-29(15-13-28)24(31)8-4-16-33-25(32)30-11-9-20-5-1-2-6-22(20)19-30/h1-3,5-7,10,18,23H,4,8-9,11-16,19H2. The quantitative estimate of drug-likeness (QED) is 0.633. The van der Waals surface area contributed by atoms with Gasteiger partial charge in [0.1, 0.15) is 6.04 Å². The second-order valence-corrected chi connectivity index (χ2v) is 8.39. The summed E-state index contributed by atoms with van der Waals surface area (Å²) < 4.78 is 5.41. The van der Waals surface area contributed by atoms with Crippen LogP contribution < -0.4 is 0 Å². The fourth-order valence-corrected chi connectivity index (χ4v) is 4.42. The van der Waals surface area contributed by atoms with Crippen molar-refractivity contribution in [1.29, 1.82) is 5.26 Å². The van der Waals surface area contributed by atoms with Crippen molar-refractivity contribution in [2.24, 2.45) is 0 Å². The zero-order valence-electron chi connectivity index (χ0n) is 18.7. The van der Waals surface area contributed by atoms with E-state index in [1.807, 2.05) is 35.2 Å². The zero-order chi connectivity index (χ0) is 23.0. The number of piperazine rings is 1. The van der Waals surface area contributed by atoms with Crippen molar-refractivity contribution in [3.63, 3.8) is 0 Å². The first-order chi connectivity index (χ1) is 16.2. The molecule has 0 saturated carbocycles. The van der Waals surface area contributed by atoms with Crippen LogP contribution in [-0.2, 0) is 22.5 Å². The van der Waals surface area contributed by atoms with Crippen LogP contribution in [0.1, 0.15) is 35.6 Å². The van der Waals surface area contributed by atoms with Gasteiger partial charge >= 0.3 is 6.09 Å². The third-order valence-corrected chi connectivity index (χ3v) is 6.30. The van der Waals surface area contributed by atoms with Gasteiger partial charge in [-0.3, -0.25) is 14.7 Å². The van der Waals surface area contributed by atoms with Crippen LogP contribution >= 0.6 is 0 Å². The molecule has 1 atom stereocenters. The molecule has 8 heteroatoms. The molecule has 0 N–H and O–H groups in total. The number of benzene rings is 1. The maximum atomic E-state index is 12.6. The minimum Gasteiger partial charge on any atom is -0.449 e. The molecule has 1 aromatic heterocycles. The van der Waals surface area contributed by atoms with Crippen LogP contribution in [-0.4, -0.2) is 71.0 Å². The van der Waals surface area contributed by atoms with E-state index in [9.17, 15) is 14.9 Å². The maximum absolute atomic E-state index is 12.6. The van der Waals surface area contributed by atoms with Gasteiger partial charge in [-0.05, 0) is 30.0 Å². The molecule has 2 amide bonds. The largest absolute Gasteiger partial charge is 0.449 e. The number of rotatable bonds is 6. The smallest absolute Gasteiger partial charge is 0.410 e. The van der Waals surface area contributed by atoms with E-state index in [0.29, 0.717) is 52.1 Å². The molecular formula is C25H29N5O3.